The van der Waals surface area contributed by atoms with Crippen LogP contribution in [0.4, 0.5) is 4.79 Å². The lowest BCUT2D eigenvalue weighted by atomic mass is 10.1. The van der Waals surface area contributed by atoms with E-state index in [0.29, 0.717) is 6.54 Å². The summed E-state index contributed by atoms with van der Waals surface area (Å²) in [5.74, 6) is -0.494. The lowest BCUT2D eigenvalue weighted by molar-refractivity contribution is -0.120. The molecule has 4 N–H and O–H groups in total. The highest BCUT2D eigenvalue weighted by Crippen LogP contribution is 2.07. The summed E-state index contributed by atoms with van der Waals surface area (Å²) in [6.45, 7) is 9.68. The summed E-state index contributed by atoms with van der Waals surface area (Å²) in [5.41, 5.74) is 4.72. The minimum atomic E-state index is -0.600. The van der Waals surface area contributed by atoms with Crippen molar-refractivity contribution in [2.45, 2.75) is 58.7 Å². The van der Waals surface area contributed by atoms with Gasteiger partial charge in [-0.05, 0) is 40.7 Å². The Morgan fingerprint density at radius 2 is 1.89 bits per heavy atom. The van der Waals surface area contributed by atoms with Crippen LogP contribution in [0.15, 0.2) is 0 Å². The maximum absolute atomic E-state index is 11.6. The van der Waals surface area contributed by atoms with Crippen LogP contribution in [0, 0.1) is 0 Å². The number of alkyl carbamates (subject to hydrolysis) is 1. The Kier molecular flexibility index (Phi) is 6.68. The van der Waals surface area contributed by atoms with Gasteiger partial charge >= 0.3 is 6.09 Å². The summed E-state index contributed by atoms with van der Waals surface area (Å²) in [7, 11) is 0. The molecule has 106 valence electrons. The molecule has 0 spiro atoms. The molecule has 0 saturated heterocycles. The predicted octanol–water partition coefficient (Wildman–Crippen LogP) is 0.753. The Bertz CT molecular complexity index is 287. The van der Waals surface area contributed by atoms with Crippen molar-refractivity contribution < 1.29 is 14.3 Å². The van der Waals surface area contributed by atoms with Crippen LogP contribution < -0.4 is 16.4 Å². The van der Waals surface area contributed by atoms with E-state index in [-0.39, 0.29) is 0 Å². The van der Waals surface area contributed by atoms with Crippen molar-refractivity contribution >= 4 is 12.0 Å². The van der Waals surface area contributed by atoms with Crippen LogP contribution in [0.2, 0.25) is 0 Å². The summed E-state index contributed by atoms with van der Waals surface area (Å²) in [5, 5.41) is 5.59. The Morgan fingerprint density at radius 3 is 2.28 bits per heavy atom. The van der Waals surface area contributed by atoms with E-state index in [9.17, 15) is 9.59 Å². The van der Waals surface area contributed by atoms with Crippen LogP contribution in [0.3, 0.4) is 0 Å². The number of ether oxygens (including phenoxy) is 1. The molecule has 6 heteroatoms. The molecule has 0 radical (unpaired) electrons. The number of hydrogen-bond acceptors (Lipinski definition) is 4. The van der Waals surface area contributed by atoms with E-state index in [0.717, 1.165) is 6.42 Å². The number of hydrogen-bond donors (Lipinski definition) is 3. The standard InChI is InChI=1S/C12H25N3O3/c1-6-7-14-9(10(13)16)8(2)15-11(17)18-12(3,4)5/h8-9,14H,6-7H2,1-5H3,(H2,13,16)(H,15,17). The molecule has 0 aliphatic heterocycles. The van der Waals surface area contributed by atoms with Crippen molar-refractivity contribution in [2.75, 3.05) is 6.54 Å². The van der Waals surface area contributed by atoms with Gasteiger partial charge in [-0.25, -0.2) is 4.79 Å². The van der Waals surface area contributed by atoms with Gasteiger partial charge in [0.25, 0.3) is 0 Å². The van der Waals surface area contributed by atoms with E-state index >= 15 is 0 Å². The first-order valence-corrected chi connectivity index (χ1v) is 6.19. The summed E-state index contributed by atoms with van der Waals surface area (Å²) < 4.78 is 5.11. The number of nitrogens with one attached hydrogen (secondary N) is 2. The number of amides is 2. The molecule has 2 unspecified atom stereocenters. The van der Waals surface area contributed by atoms with Crippen LogP contribution in [0.5, 0.6) is 0 Å². The average Bonchev–Trinajstić information content (AvgIpc) is 2.14. The molecular formula is C12H25N3O3. The summed E-state index contributed by atoms with van der Waals surface area (Å²) in [4.78, 5) is 22.8. The highest BCUT2D eigenvalue weighted by atomic mass is 16.6. The van der Waals surface area contributed by atoms with Gasteiger partial charge in [-0.1, -0.05) is 6.92 Å². The summed E-state index contributed by atoms with van der Waals surface area (Å²) in [6.07, 6.45) is 0.322. The quantitative estimate of drug-likeness (QED) is 0.656. The van der Waals surface area contributed by atoms with E-state index < -0.39 is 29.7 Å². The molecule has 0 saturated carbocycles. The highest BCUT2D eigenvalue weighted by Gasteiger charge is 2.25. The first-order valence-electron chi connectivity index (χ1n) is 6.19. The van der Waals surface area contributed by atoms with Crippen molar-refractivity contribution in [3.05, 3.63) is 0 Å². The average molecular weight is 259 g/mol. The van der Waals surface area contributed by atoms with E-state index in [4.69, 9.17) is 10.5 Å². The fourth-order valence-electron chi connectivity index (χ4n) is 1.40. The van der Waals surface area contributed by atoms with Gasteiger partial charge < -0.3 is 21.1 Å². The smallest absolute Gasteiger partial charge is 0.407 e. The second kappa shape index (κ2) is 7.20. The molecule has 0 aromatic heterocycles. The molecule has 0 rings (SSSR count). The first kappa shape index (κ1) is 16.7. The lowest BCUT2D eigenvalue weighted by Gasteiger charge is -2.25. The Hall–Kier alpha value is -1.30. The van der Waals surface area contributed by atoms with Gasteiger partial charge in [0.1, 0.15) is 11.6 Å². The second-order valence-corrected chi connectivity index (χ2v) is 5.27. The first-order chi connectivity index (χ1) is 8.17. The van der Waals surface area contributed by atoms with Gasteiger partial charge in [0, 0.05) is 0 Å². The van der Waals surface area contributed by atoms with E-state index in [2.05, 4.69) is 10.6 Å². The van der Waals surface area contributed by atoms with E-state index in [1.54, 1.807) is 27.7 Å². The molecule has 2 atom stereocenters. The minimum Gasteiger partial charge on any atom is -0.444 e. The SMILES string of the molecule is CCCNC(C(N)=O)C(C)NC(=O)OC(C)(C)C. The van der Waals surface area contributed by atoms with Crippen LogP contribution in [-0.4, -0.2) is 36.2 Å². The van der Waals surface area contributed by atoms with Crippen molar-refractivity contribution in [2.24, 2.45) is 5.73 Å². The maximum atomic E-state index is 11.6. The minimum absolute atomic E-state index is 0.427. The third kappa shape index (κ3) is 7.11. The summed E-state index contributed by atoms with van der Waals surface area (Å²) >= 11 is 0. The van der Waals surface area contributed by atoms with Crippen molar-refractivity contribution in [3.63, 3.8) is 0 Å². The number of rotatable bonds is 6. The zero-order valence-electron chi connectivity index (χ0n) is 11.9. The Labute approximate surface area is 109 Å². The molecule has 0 heterocycles. The van der Waals surface area contributed by atoms with Gasteiger partial charge in [0.15, 0.2) is 0 Å². The molecule has 2 amide bonds. The maximum Gasteiger partial charge on any atom is 0.407 e. The molecule has 6 nitrogen and oxygen atoms in total. The molecule has 18 heavy (non-hydrogen) atoms. The lowest BCUT2D eigenvalue weighted by Crippen LogP contribution is -2.55. The van der Waals surface area contributed by atoms with Gasteiger partial charge in [-0.3, -0.25) is 4.79 Å². The molecule has 0 aromatic rings. The molecule has 0 aliphatic rings. The highest BCUT2D eigenvalue weighted by molar-refractivity contribution is 5.81. The van der Waals surface area contributed by atoms with Crippen LogP contribution in [0.25, 0.3) is 0 Å². The molecular weight excluding hydrogens is 234 g/mol. The zero-order chi connectivity index (χ0) is 14.3. The fourth-order valence-corrected chi connectivity index (χ4v) is 1.40. The number of carbonyl (C=O) groups excluding carboxylic acids is 2. The predicted molar refractivity (Wildman–Crippen MR) is 70.1 cm³/mol. The molecule has 0 aromatic carbocycles. The van der Waals surface area contributed by atoms with Crippen LogP contribution in [0.1, 0.15) is 41.0 Å². The second-order valence-electron chi connectivity index (χ2n) is 5.27. The van der Waals surface area contributed by atoms with Gasteiger partial charge in [0.05, 0.1) is 6.04 Å². The number of primary amides is 1. The third-order valence-corrected chi connectivity index (χ3v) is 2.17. The topological polar surface area (TPSA) is 93.5 Å². The van der Waals surface area contributed by atoms with Crippen molar-refractivity contribution in [1.82, 2.24) is 10.6 Å². The van der Waals surface area contributed by atoms with Crippen molar-refractivity contribution in [1.29, 1.82) is 0 Å². The Balaban J connectivity index is 4.37. The zero-order valence-corrected chi connectivity index (χ0v) is 11.9. The van der Waals surface area contributed by atoms with Gasteiger partial charge in [-0.2, -0.15) is 0 Å². The fraction of sp³-hybridized carbons (Fsp3) is 0.833. The molecule has 0 bridgehead atoms. The largest absolute Gasteiger partial charge is 0.444 e. The molecule has 0 fully saturated rings. The number of carbonyl (C=O) groups is 2. The van der Waals surface area contributed by atoms with E-state index in [1.807, 2.05) is 6.92 Å². The van der Waals surface area contributed by atoms with Gasteiger partial charge in [0.2, 0.25) is 5.91 Å². The van der Waals surface area contributed by atoms with Crippen LogP contribution >= 0.6 is 0 Å². The van der Waals surface area contributed by atoms with Crippen molar-refractivity contribution in [3.8, 4) is 0 Å². The van der Waals surface area contributed by atoms with Gasteiger partial charge in [-0.15, -0.1) is 0 Å². The number of nitrogens with two attached hydrogens (primary N) is 1. The molecule has 0 aliphatic carbocycles. The summed E-state index contributed by atoms with van der Waals surface area (Å²) in [6, 6.07) is -1.03. The normalized spacial score (nSPS) is 14.7. The monoisotopic (exact) mass is 259 g/mol. The van der Waals surface area contributed by atoms with E-state index in [1.165, 1.54) is 0 Å². The third-order valence-electron chi connectivity index (χ3n) is 2.17. The van der Waals surface area contributed by atoms with Crippen LogP contribution in [-0.2, 0) is 9.53 Å². The Morgan fingerprint density at radius 1 is 1.33 bits per heavy atom.